The molecule has 0 bridgehead atoms. The highest BCUT2D eigenvalue weighted by atomic mass is 35.5. The monoisotopic (exact) mass is 332 g/mol. The topological polar surface area (TPSA) is 66.9 Å². The van der Waals surface area contributed by atoms with Crippen LogP contribution >= 0.6 is 22.9 Å². The van der Waals surface area contributed by atoms with Gasteiger partial charge < -0.3 is 0 Å². The van der Waals surface area contributed by atoms with E-state index in [1.54, 1.807) is 0 Å². The van der Waals surface area contributed by atoms with Crippen LogP contribution in [0.5, 0.6) is 0 Å². The van der Waals surface area contributed by atoms with Crippen LogP contribution in [0, 0.1) is 13.8 Å². The lowest BCUT2D eigenvalue weighted by molar-refractivity contribution is 0.0966. The van der Waals surface area contributed by atoms with Gasteiger partial charge in [-0.1, -0.05) is 29.8 Å². The van der Waals surface area contributed by atoms with Crippen molar-refractivity contribution in [3.05, 3.63) is 51.6 Å². The maximum atomic E-state index is 12.3. The number of aromatic nitrogens is 2. The Labute approximate surface area is 136 Å². The number of nitrogens with one attached hydrogen (secondary N) is 2. The van der Waals surface area contributed by atoms with Crippen molar-refractivity contribution in [2.24, 2.45) is 0 Å². The van der Waals surface area contributed by atoms with E-state index in [4.69, 9.17) is 11.6 Å². The van der Waals surface area contributed by atoms with E-state index in [9.17, 15) is 4.79 Å². The van der Waals surface area contributed by atoms with E-state index in [1.165, 1.54) is 11.3 Å². The number of thiophene rings is 1. The van der Waals surface area contributed by atoms with Crippen molar-refractivity contribution in [1.82, 2.24) is 15.4 Å². The normalized spacial score (nSPS) is 10.7. The van der Waals surface area contributed by atoms with Crippen LogP contribution in [-0.2, 0) is 0 Å². The Morgan fingerprint density at radius 1 is 1.18 bits per heavy atom. The highest BCUT2D eigenvalue weighted by Gasteiger charge is 2.16. The molecule has 0 spiro atoms. The number of hydrazine groups is 1. The van der Waals surface area contributed by atoms with Crippen LogP contribution < -0.4 is 10.9 Å². The van der Waals surface area contributed by atoms with Gasteiger partial charge in [0.05, 0.1) is 5.02 Å². The van der Waals surface area contributed by atoms with Crippen molar-refractivity contribution >= 4 is 44.9 Å². The number of benzene rings is 1. The molecule has 1 amide bonds. The lowest BCUT2D eigenvalue weighted by Gasteiger charge is -2.07. The van der Waals surface area contributed by atoms with Gasteiger partial charge in [0.2, 0.25) is 5.95 Å². The standard InChI is InChI=1S/C15H13ClN4OS/c1-8-7-9(2)18-15(17-8)20-19-14(21)13-12(16)10-5-3-4-6-11(10)22-13/h3-7H,1-2H3,(H,19,21)(H,17,18,20). The lowest BCUT2D eigenvalue weighted by Crippen LogP contribution is -2.30. The predicted molar refractivity (Wildman–Crippen MR) is 89.4 cm³/mol. The summed E-state index contributed by atoms with van der Waals surface area (Å²) in [4.78, 5) is 21.1. The Morgan fingerprint density at radius 2 is 1.86 bits per heavy atom. The maximum absolute atomic E-state index is 12.3. The Hall–Kier alpha value is -2.18. The third kappa shape index (κ3) is 2.88. The van der Waals surface area contributed by atoms with Gasteiger partial charge in [-0.25, -0.2) is 9.97 Å². The molecule has 2 aromatic heterocycles. The van der Waals surface area contributed by atoms with Crippen molar-refractivity contribution < 1.29 is 4.79 Å². The largest absolute Gasteiger partial charge is 0.281 e. The second-order valence-corrected chi connectivity index (χ2v) is 6.22. The van der Waals surface area contributed by atoms with Crippen LogP contribution in [-0.4, -0.2) is 15.9 Å². The zero-order chi connectivity index (χ0) is 15.7. The first kappa shape index (κ1) is 14.7. The first-order valence-corrected chi connectivity index (χ1v) is 7.79. The van der Waals surface area contributed by atoms with E-state index in [0.29, 0.717) is 15.8 Å². The maximum Gasteiger partial charge on any atom is 0.281 e. The average Bonchev–Trinajstić information content (AvgIpc) is 2.82. The van der Waals surface area contributed by atoms with Gasteiger partial charge in [-0.2, -0.15) is 0 Å². The first-order valence-electron chi connectivity index (χ1n) is 6.60. The van der Waals surface area contributed by atoms with Gasteiger partial charge >= 0.3 is 0 Å². The molecule has 5 nitrogen and oxygen atoms in total. The van der Waals surface area contributed by atoms with Gasteiger partial charge in [-0.05, 0) is 26.0 Å². The quantitative estimate of drug-likeness (QED) is 0.717. The molecule has 1 aromatic carbocycles. The second kappa shape index (κ2) is 5.90. The summed E-state index contributed by atoms with van der Waals surface area (Å²) >= 11 is 7.62. The molecule has 3 aromatic rings. The Balaban J connectivity index is 1.80. The number of hydrogen-bond acceptors (Lipinski definition) is 5. The van der Waals surface area contributed by atoms with E-state index < -0.39 is 0 Å². The van der Waals surface area contributed by atoms with Gasteiger partial charge in [0.25, 0.3) is 5.91 Å². The third-order valence-electron chi connectivity index (χ3n) is 3.01. The number of rotatable bonds is 3. The molecule has 0 atom stereocenters. The molecule has 3 rings (SSSR count). The minimum atomic E-state index is -0.311. The SMILES string of the molecule is Cc1cc(C)nc(NNC(=O)c2sc3ccccc3c2Cl)n1. The van der Waals surface area contributed by atoms with Crippen LogP contribution in [0.2, 0.25) is 5.02 Å². The average molecular weight is 333 g/mol. The second-order valence-electron chi connectivity index (χ2n) is 4.79. The van der Waals surface area contributed by atoms with Crippen molar-refractivity contribution in [2.75, 3.05) is 5.43 Å². The Morgan fingerprint density at radius 3 is 2.55 bits per heavy atom. The van der Waals surface area contributed by atoms with Crippen LogP contribution in [0.25, 0.3) is 10.1 Å². The molecule has 0 aliphatic carbocycles. The third-order valence-corrected chi connectivity index (χ3v) is 4.69. The van der Waals surface area contributed by atoms with E-state index >= 15 is 0 Å². The first-order chi connectivity index (χ1) is 10.5. The summed E-state index contributed by atoms with van der Waals surface area (Å²) in [7, 11) is 0. The molecule has 0 radical (unpaired) electrons. The molecule has 0 saturated heterocycles. The number of amides is 1. The summed E-state index contributed by atoms with van der Waals surface area (Å²) in [6.07, 6.45) is 0. The molecule has 112 valence electrons. The molecular formula is C15H13ClN4OS. The highest BCUT2D eigenvalue weighted by molar-refractivity contribution is 7.21. The molecule has 2 heterocycles. The number of fused-ring (bicyclic) bond motifs is 1. The zero-order valence-electron chi connectivity index (χ0n) is 12.0. The number of carbonyl (C=O) groups is 1. The van der Waals surface area contributed by atoms with Gasteiger partial charge in [0.15, 0.2) is 0 Å². The minimum Gasteiger partial charge on any atom is -0.266 e. The molecule has 0 aliphatic rings. The number of hydrogen-bond donors (Lipinski definition) is 2. The molecule has 22 heavy (non-hydrogen) atoms. The minimum absolute atomic E-state index is 0.311. The summed E-state index contributed by atoms with van der Waals surface area (Å²) in [6, 6.07) is 9.49. The van der Waals surface area contributed by atoms with Crippen LogP contribution in [0.1, 0.15) is 21.1 Å². The molecule has 0 aliphatic heterocycles. The fourth-order valence-electron chi connectivity index (χ4n) is 2.11. The van der Waals surface area contributed by atoms with Crippen LogP contribution in [0.15, 0.2) is 30.3 Å². The van der Waals surface area contributed by atoms with Crippen molar-refractivity contribution in [2.45, 2.75) is 13.8 Å². The summed E-state index contributed by atoms with van der Waals surface area (Å²) in [5.74, 6) is 0.0389. The highest BCUT2D eigenvalue weighted by Crippen LogP contribution is 2.34. The van der Waals surface area contributed by atoms with Gasteiger partial charge in [-0.3, -0.25) is 15.6 Å². The van der Waals surface area contributed by atoms with Crippen molar-refractivity contribution in [1.29, 1.82) is 0 Å². The van der Waals surface area contributed by atoms with Crippen LogP contribution in [0.3, 0.4) is 0 Å². The summed E-state index contributed by atoms with van der Waals surface area (Å²) < 4.78 is 0.973. The fraction of sp³-hybridized carbons (Fsp3) is 0.133. The molecule has 0 saturated carbocycles. The van der Waals surface area contributed by atoms with E-state index in [-0.39, 0.29) is 5.91 Å². The van der Waals surface area contributed by atoms with Crippen molar-refractivity contribution in [3.8, 4) is 0 Å². The molecule has 0 unspecified atom stereocenters. The van der Waals surface area contributed by atoms with Gasteiger partial charge in [0.1, 0.15) is 4.88 Å². The number of halogens is 1. The predicted octanol–water partition coefficient (Wildman–Crippen LogP) is 3.72. The molecule has 7 heteroatoms. The number of anilines is 1. The molecular weight excluding hydrogens is 320 g/mol. The lowest BCUT2D eigenvalue weighted by atomic mass is 10.2. The van der Waals surface area contributed by atoms with E-state index in [2.05, 4.69) is 20.8 Å². The fourth-order valence-corrected chi connectivity index (χ4v) is 3.52. The Kier molecular flexibility index (Phi) is 3.96. The van der Waals surface area contributed by atoms with Crippen molar-refractivity contribution in [3.63, 3.8) is 0 Å². The summed E-state index contributed by atoms with van der Waals surface area (Å²) in [6.45, 7) is 3.73. The number of nitrogens with zero attached hydrogens (tertiary/aromatic N) is 2. The number of aryl methyl sites for hydroxylation is 2. The smallest absolute Gasteiger partial charge is 0.266 e. The van der Waals surface area contributed by atoms with Gasteiger partial charge in [-0.15, -0.1) is 11.3 Å². The Bertz CT molecular complexity index is 842. The zero-order valence-corrected chi connectivity index (χ0v) is 13.5. The van der Waals surface area contributed by atoms with E-state index in [0.717, 1.165) is 21.5 Å². The van der Waals surface area contributed by atoms with Crippen LogP contribution in [0.4, 0.5) is 5.95 Å². The van der Waals surface area contributed by atoms with Gasteiger partial charge in [0, 0.05) is 21.5 Å². The van der Waals surface area contributed by atoms with E-state index in [1.807, 2.05) is 44.2 Å². The number of carbonyl (C=O) groups excluding carboxylic acids is 1. The molecule has 0 fully saturated rings. The summed E-state index contributed by atoms with van der Waals surface area (Å²) in [5.41, 5.74) is 6.95. The molecule has 2 N–H and O–H groups in total. The summed E-state index contributed by atoms with van der Waals surface area (Å²) in [5, 5.41) is 1.34.